The first kappa shape index (κ1) is 11.5. The highest BCUT2D eigenvalue weighted by molar-refractivity contribution is 7.17. The standard InChI is InChI=1S/C13H15N3OS/c1-14-13(17)9-3-6-16(8-9)11-2-5-15-10-4-7-18-12(10)11/h2,4-5,7,9H,3,6,8H2,1H3,(H,14,17). The van der Waals surface area contributed by atoms with Gasteiger partial charge in [0.1, 0.15) is 0 Å². The second kappa shape index (κ2) is 4.57. The van der Waals surface area contributed by atoms with Crippen LogP contribution in [0.25, 0.3) is 10.2 Å². The van der Waals surface area contributed by atoms with Crippen molar-refractivity contribution in [3.63, 3.8) is 0 Å². The van der Waals surface area contributed by atoms with Crippen LogP contribution in [-0.2, 0) is 4.79 Å². The number of aromatic nitrogens is 1. The van der Waals surface area contributed by atoms with Crippen LogP contribution in [0.15, 0.2) is 23.7 Å². The van der Waals surface area contributed by atoms with Crippen molar-refractivity contribution in [2.75, 3.05) is 25.0 Å². The number of hydrogen-bond acceptors (Lipinski definition) is 4. The van der Waals surface area contributed by atoms with Gasteiger partial charge in [-0.3, -0.25) is 9.78 Å². The molecule has 0 spiro atoms. The van der Waals surface area contributed by atoms with Crippen molar-refractivity contribution in [3.05, 3.63) is 23.7 Å². The van der Waals surface area contributed by atoms with Crippen molar-refractivity contribution in [2.45, 2.75) is 6.42 Å². The Morgan fingerprint density at radius 2 is 2.44 bits per heavy atom. The van der Waals surface area contributed by atoms with Crippen LogP contribution in [0.2, 0.25) is 0 Å². The van der Waals surface area contributed by atoms with Crippen LogP contribution in [0.3, 0.4) is 0 Å². The highest BCUT2D eigenvalue weighted by atomic mass is 32.1. The minimum atomic E-state index is 0.109. The maximum atomic E-state index is 11.7. The molecular weight excluding hydrogens is 246 g/mol. The molecule has 1 fully saturated rings. The van der Waals surface area contributed by atoms with Gasteiger partial charge in [-0.05, 0) is 23.9 Å². The van der Waals surface area contributed by atoms with E-state index < -0.39 is 0 Å². The third-order valence-electron chi connectivity index (χ3n) is 3.47. The smallest absolute Gasteiger partial charge is 0.224 e. The Hall–Kier alpha value is -1.62. The van der Waals surface area contributed by atoms with E-state index in [0.29, 0.717) is 0 Å². The summed E-state index contributed by atoms with van der Waals surface area (Å²) < 4.78 is 1.22. The molecule has 4 nitrogen and oxygen atoms in total. The summed E-state index contributed by atoms with van der Waals surface area (Å²) in [5.74, 6) is 0.257. The van der Waals surface area contributed by atoms with Gasteiger partial charge in [-0.15, -0.1) is 11.3 Å². The van der Waals surface area contributed by atoms with Crippen LogP contribution < -0.4 is 10.2 Å². The van der Waals surface area contributed by atoms with Crippen molar-refractivity contribution in [1.82, 2.24) is 10.3 Å². The van der Waals surface area contributed by atoms with Crippen LogP contribution in [-0.4, -0.2) is 31.0 Å². The summed E-state index contributed by atoms with van der Waals surface area (Å²) >= 11 is 1.71. The van der Waals surface area contributed by atoms with Crippen molar-refractivity contribution in [1.29, 1.82) is 0 Å². The van der Waals surface area contributed by atoms with Gasteiger partial charge in [-0.2, -0.15) is 0 Å². The average Bonchev–Trinajstić information content (AvgIpc) is 3.05. The van der Waals surface area contributed by atoms with Crippen LogP contribution in [0.1, 0.15) is 6.42 Å². The van der Waals surface area contributed by atoms with Gasteiger partial charge in [0.05, 0.1) is 21.8 Å². The summed E-state index contributed by atoms with van der Waals surface area (Å²) in [4.78, 5) is 18.3. The number of carbonyl (C=O) groups is 1. The van der Waals surface area contributed by atoms with Gasteiger partial charge in [0, 0.05) is 26.3 Å². The van der Waals surface area contributed by atoms with E-state index in [2.05, 4.69) is 20.6 Å². The molecule has 94 valence electrons. The van der Waals surface area contributed by atoms with Gasteiger partial charge in [0.2, 0.25) is 5.91 Å². The number of pyridine rings is 1. The third-order valence-corrected chi connectivity index (χ3v) is 4.40. The summed E-state index contributed by atoms with van der Waals surface area (Å²) in [5, 5.41) is 4.80. The molecule has 1 amide bonds. The van der Waals surface area contributed by atoms with Crippen molar-refractivity contribution in [3.8, 4) is 0 Å². The molecule has 1 unspecified atom stereocenters. The SMILES string of the molecule is CNC(=O)C1CCN(c2ccnc3ccsc23)C1. The number of nitrogens with one attached hydrogen (secondary N) is 1. The minimum Gasteiger partial charge on any atom is -0.369 e. The fourth-order valence-electron chi connectivity index (χ4n) is 2.51. The van der Waals surface area contributed by atoms with E-state index in [0.717, 1.165) is 25.0 Å². The Kier molecular flexibility index (Phi) is 2.91. The van der Waals surface area contributed by atoms with E-state index >= 15 is 0 Å². The van der Waals surface area contributed by atoms with Crippen molar-refractivity contribution in [2.24, 2.45) is 5.92 Å². The van der Waals surface area contributed by atoms with Gasteiger partial charge >= 0.3 is 0 Å². The molecule has 0 radical (unpaired) electrons. The Labute approximate surface area is 110 Å². The maximum Gasteiger partial charge on any atom is 0.224 e. The summed E-state index contributed by atoms with van der Waals surface area (Å²) in [7, 11) is 1.70. The van der Waals surface area contributed by atoms with E-state index in [9.17, 15) is 4.79 Å². The predicted octanol–water partition coefficient (Wildman–Crippen LogP) is 1.87. The minimum absolute atomic E-state index is 0.109. The normalized spacial score (nSPS) is 19.4. The van der Waals surface area contributed by atoms with E-state index in [4.69, 9.17) is 0 Å². The summed E-state index contributed by atoms with van der Waals surface area (Å²) in [6, 6.07) is 4.08. The van der Waals surface area contributed by atoms with Crippen molar-refractivity contribution < 1.29 is 4.79 Å². The Balaban J connectivity index is 1.88. The molecule has 2 aromatic heterocycles. The lowest BCUT2D eigenvalue weighted by Crippen LogP contribution is -2.30. The van der Waals surface area contributed by atoms with Gasteiger partial charge in [0.15, 0.2) is 0 Å². The van der Waals surface area contributed by atoms with Crippen molar-refractivity contribution >= 4 is 33.1 Å². The fraction of sp³-hybridized carbons (Fsp3) is 0.385. The summed E-state index contributed by atoms with van der Waals surface area (Å²) in [6.45, 7) is 1.74. The first-order valence-electron chi connectivity index (χ1n) is 6.08. The Morgan fingerprint density at radius 1 is 1.56 bits per heavy atom. The van der Waals surface area contributed by atoms with E-state index in [1.807, 2.05) is 18.3 Å². The van der Waals surface area contributed by atoms with Gasteiger partial charge in [-0.1, -0.05) is 0 Å². The van der Waals surface area contributed by atoms with Crippen LogP contribution in [0.5, 0.6) is 0 Å². The molecule has 3 rings (SSSR count). The molecule has 18 heavy (non-hydrogen) atoms. The first-order chi connectivity index (χ1) is 8.79. The molecule has 0 aliphatic carbocycles. The summed E-state index contributed by atoms with van der Waals surface area (Å²) in [6.07, 6.45) is 2.77. The second-order valence-corrected chi connectivity index (χ2v) is 5.43. The van der Waals surface area contributed by atoms with Gasteiger partial charge in [0.25, 0.3) is 0 Å². The zero-order valence-electron chi connectivity index (χ0n) is 10.2. The van der Waals surface area contributed by atoms with E-state index in [-0.39, 0.29) is 11.8 Å². The number of nitrogens with zero attached hydrogens (tertiary/aromatic N) is 2. The lowest BCUT2D eigenvalue weighted by atomic mass is 10.1. The molecule has 2 aromatic rings. The highest BCUT2D eigenvalue weighted by Gasteiger charge is 2.28. The largest absolute Gasteiger partial charge is 0.369 e. The number of carbonyl (C=O) groups excluding carboxylic acids is 1. The van der Waals surface area contributed by atoms with Crippen LogP contribution in [0.4, 0.5) is 5.69 Å². The molecule has 0 saturated carbocycles. The molecule has 1 saturated heterocycles. The van der Waals surface area contributed by atoms with E-state index in [1.54, 1.807) is 18.4 Å². The van der Waals surface area contributed by atoms with E-state index in [1.165, 1.54) is 10.4 Å². The number of rotatable bonds is 2. The molecule has 1 aliphatic rings. The monoisotopic (exact) mass is 261 g/mol. The zero-order chi connectivity index (χ0) is 12.5. The molecule has 0 bridgehead atoms. The Morgan fingerprint density at radius 3 is 3.28 bits per heavy atom. The molecule has 1 aliphatic heterocycles. The first-order valence-corrected chi connectivity index (χ1v) is 6.96. The number of thiophene rings is 1. The predicted molar refractivity (Wildman–Crippen MR) is 74.0 cm³/mol. The number of hydrogen-bond donors (Lipinski definition) is 1. The molecule has 1 atom stereocenters. The molecule has 0 aromatic carbocycles. The number of anilines is 1. The lowest BCUT2D eigenvalue weighted by molar-refractivity contribution is -0.123. The maximum absolute atomic E-state index is 11.7. The zero-order valence-corrected chi connectivity index (χ0v) is 11.0. The summed E-state index contributed by atoms with van der Waals surface area (Å²) in [5.41, 5.74) is 2.25. The quantitative estimate of drug-likeness (QED) is 0.897. The number of fused-ring (bicyclic) bond motifs is 1. The van der Waals surface area contributed by atoms with Crippen LogP contribution >= 0.6 is 11.3 Å². The lowest BCUT2D eigenvalue weighted by Gasteiger charge is -2.18. The molecule has 1 N–H and O–H groups in total. The fourth-order valence-corrected chi connectivity index (χ4v) is 3.40. The molecule has 5 heteroatoms. The average molecular weight is 261 g/mol. The van der Waals surface area contributed by atoms with Crippen LogP contribution in [0, 0.1) is 5.92 Å². The Bertz CT molecular complexity index is 580. The second-order valence-electron chi connectivity index (χ2n) is 4.51. The third kappa shape index (κ3) is 1.84. The highest BCUT2D eigenvalue weighted by Crippen LogP contribution is 2.33. The molecule has 3 heterocycles. The van der Waals surface area contributed by atoms with Gasteiger partial charge < -0.3 is 10.2 Å². The van der Waals surface area contributed by atoms with Gasteiger partial charge in [-0.25, -0.2) is 0 Å². The number of amides is 1. The topological polar surface area (TPSA) is 45.2 Å². The molecular formula is C13H15N3OS.